The lowest BCUT2D eigenvalue weighted by Crippen LogP contribution is -2.14. The minimum absolute atomic E-state index is 0.236. The quantitative estimate of drug-likeness (QED) is 0.932. The van der Waals surface area contributed by atoms with Gasteiger partial charge in [-0.05, 0) is 30.2 Å². The summed E-state index contributed by atoms with van der Waals surface area (Å²) in [4.78, 5) is 0. The molecule has 6 heteroatoms. The molecule has 0 saturated carbocycles. The van der Waals surface area contributed by atoms with Crippen molar-refractivity contribution in [2.24, 2.45) is 12.8 Å². The lowest BCUT2D eigenvalue weighted by atomic mass is 10.0. The molecule has 90 valence electrons. The number of rotatable bonds is 3. The molecule has 2 N–H and O–H groups in total. The zero-order valence-corrected chi connectivity index (χ0v) is 10.8. The highest BCUT2D eigenvalue weighted by atomic mass is 35.5. The molecule has 0 fully saturated rings. The van der Waals surface area contributed by atoms with E-state index in [-0.39, 0.29) is 6.04 Å². The first kappa shape index (κ1) is 12.4. The van der Waals surface area contributed by atoms with Gasteiger partial charge >= 0.3 is 0 Å². The van der Waals surface area contributed by atoms with Crippen molar-refractivity contribution in [3.63, 3.8) is 0 Å². The van der Waals surface area contributed by atoms with E-state index >= 15 is 0 Å². The second-order valence-corrected chi connectivity index (χ2v) is 4.71. The minimum atomic E-state index is -0.236. The van der Waals surface area contributed by atoms with E-state index in [9.17, 15) is 0 Å². The Bertz CT molecular complexity index is 524. The zero-order chi connectivity index (χ0) is 12.4. The Morgan fingerprint density at radius 2 is 2.18 bits per heavy atom. The first-order valence-electron chi connectivity index (χ1n) is 5.12. The molecule has 0 radical (unpaired) electrons. The van der Waals surface area contributed by atoms with E-state index < -0.39 is 0 Å². The Morgan fingerprint density at radius 3 is 2.82 bits per heavy atom. The Kier molecular flexibility index (Phi) is 3.66. The van der Waals surface area contributed by atoms with Crippen LogP contribution in [0.4, 0.5) is 0 Å². The van der Waals surface area contributed by atoms with Crippen molar-refractivity contribution in [1.29, 1.82) is 0 Å². The molecule has 17 heavy (non-hydrogen) atoms. The van der Waals surface area contributed by atoms with E-state index in [1.165, 1.54) is 0 Å². The largest absolute Gasteiger partial charge is 0.322 e. The van der Waals surface area contributed by atoms with Crippen molar-refractivity contribution in [3.05, 3.63) is 45.7 Å². The molecule has 1 heterocycles. The van der Waals surface area contributed by atoms with Gasteiger partial charge in [0.05, 0.1) is 11.7 Å². The van der Waals surface area contributed by atoms with Gasteiger partial charge in [-0.3, -0.25) is 4.68 Å². The molecule has 1 aromatic heterocycles. The van der Waals surface area contributed by atoms with E-state index in [2.05, 4.69) is 10.3 Å². The molecule has 0 spiro atoms. The van der Waals surface area contributed by atoms with Crippen LogP contribution in [0.1, 0.15) is 17.3 Å². The third kappa shape index (κ3) is 2.97. The molecule has 2 rings (SSSR count). The van der Waals surface area contributed by atoms with E-state index in [0.29, 0.717) is 16.5 Å². The molecule has 0 aliphatic heterocycles. The molecule has 0 aliphatic rings. The van der Waals surface area contributed by atoms with Crippen molar-refractivity contribution in [1.82, 2.24) is 15.0 Å². The van der Waals surface area contributed by atoms with Crippen molar-refractivity contribution < 1.29 is 0 Å². The van der Waals surface area contributed by atoms with Gasteiger partial charge in [0.15, 0.2) is 0 Å². The monoisotopic (exact) mass is 270 g/mol. The summed E-state index contributed by atoms with van der Waals surface area (Å²) in [6.07, 6.45) is 2.38. The number of hydrogen-bond acceptors (Lipinski definition) is 3. The van der Waals surface area contributed by atoms with Crippen LogP contribution in [-0.2, 0) is 13.5 Å². The van der Waals surface area contributed by atoms with Crippen LogP contribution in [0, 0.1) is 0 Å². The van der Waals surface area contributed by atoms with Crippen molar-refractivity contribution >= 4 is 23.2 Å². The average molecular weight is 271 g/mol. The summed E-state index contributed by atoms with van der Waals surface area (Å²) in [6, 6.07) is 5.10. The summed E-state index contributed by atoms with van der Waals surface area (Å²) in [5, 5.41) is 9.13. The van der Waals surface area contributed by atoms with Gasteiger partial charge in [-0.25, -0.2) is 0 Å². The number of nitrogens with two attached hydrogens (primary N) is 1. The van der Waals surface area contributed by atoms with Crippen molar-refractivity contribution in [3.8, 4) is 0 Å². The number of nitrogens with zero attached hydrogens (tertiary/aromatic N) is 3. The van der Waals surface area contributed by atoms with Crippen LogP contribution in [-0.4, -0.2) is 15.0 Å². The molecule has 0 amide bonds. The highest BCUT2D eigenvalue weighted by Gasteiger charge is 2.13. The van der Waals surface area contributed by atoms with Gasteiger partial charge in [-0.15, -0.1) is 5.10 Å². The normalized spacial score (nSPS) is 12.7. The van der Waals surface area contributed by atoms with E-state index in [4.69, 9.17) is 28.9 Å². The lowest BCUT2D eigenvalue weighted by molar-refractivity contribution is 0.683. The third-order valence-corrected chi connectivity index (χ3v) is 3.05. The van der Waals surface area contributed by atoms with E-state index in [0.717, 1.165) is 11.3 Å². The Balaban J connectivity index is 2.18. The molecule has 0 saturated heterocycles. The Labute approximate surface area is 109 Å². The van der Waals surface area contributed by atoms with Gasteiger partial charge in [-0.2, -0.15) is 0 Å². The van der Waals surface area contributed by atoms with Gasteiger partial charge in [-0.1, -0.05) is 28.4 Å². The number of aryl methyl sites for hydroxylation is 1. The number of halogens is 2. The van der Waals surface area contributed by atoms with Crippen molar-refractivity contribution in [2.75, 3.05) is 0 Å². The van der Waals surface area contributed by atoms with Gasteiger partial charge in [0.25, 0.3) is 0 Å². The summed E-state index contributed by atoms with van der Waals surface area (Å²) in [7, 11) is 1.80. The SMILES string of the molecule is Cn1cc(C(N)Cc2cc(Cl)ccc2Cl)nn1. The molecule has 2 aromatic rings. The van der Waals surface area contributed by atoms with Crippen molar-refractivity contribution in [2.45, 2.75) is 12.5 Å². The van der Waals surface area contributed by atoms with Crippen LogP contribution in [0.15, 0.2) is 24.4 Å². The standard InChI is InChI=1S/C11H12Cl2N4/c1-17-6-11(15-16-17)10(14)5-7-4-8(12)2-3-9(7)13/h2-4,6,10H,5,14H2,1H3. The van der Waals surface area contributed by atoms with Crippen LogP contribution in [0.5, 0.6) is 0 Å². The zero-order valence-electron chi connectivity index (χ0n) is 9.27. The molecule has 1 unspecified atom stereocenters. The summed E-state index contributed by atoms with van der Waals surface area (Å²) in [6.45, 7) is 0. The first-order chi connectivity index (χ1) is 8.06. The van der Waals surface area contributed by atoms with Crippen LogP contribution >= 0.6 is 23.2 Å². The minimum Gasteiger partial charge on any atom is -0.322 e. The van der Waals surface area contributed by atoms with Crippen LogP contribution in [0.3, 0.4) is 0 Å². The third-order valence-electron chi connectivity index (χ3n) is 2.45. The summed E-state index contributed by atoms with van der Waals surface area (Å²) in [5.41, 5.74) is 7.70. The fourth-order valence-electron chi connectivity index (χ4n) is 1.58. The second kappa shape index (κ2) is 5.04. The number of benzene rings is 1. The van der Waals surface area contributed by atoms with Crippen LogP contribution in [0.25, 0.3) is 0 Å². The summed E-state index contributed by atoms with van der Waals surface area (Å²) >= 11 is 12.0. The summed E-state index contributed by atoms with van der Waals surface area (Å²) < 4.78 is 1.62. The van der Waals surface area contributed by atoms with Gasteiger partial charge in [0.1, 0.15) is 0 Å². The fraction of sp³-hybridized carbons (Fsp3) is 0.273. The molecule has 0 aliphatic carbocycles. The molecule has 1 atom stereocenters. The summed E-state index contributed by atoms with van der Waals surface area (Å²) in [5.74, 6) is 0. The topological polar surface area (TPSA) is 56.7 Å². The van der Waals surface area contributed by atoms with Gasteiger partial charge in [0.2, 0.25) is 0 Å². The van der Waals surface area contributed by atoms with E-state index in [1.54, 1.807) is 30.1 Å². The Hall–Kier alpha value is -1.10. The van der Waals surface area contributed by atoms with Gasteiger partial charge < -0.3 is 5.73 Å². The second-order valence-electron chi connectivity index (χ2n) is 3.86. The van der Waals surface area contributed by atoms with E-state index in [1.807, 2.05) is 6.07 Å². The first-order valence-corrected chi connectivity index (χ1v) is 5.87. The highest BCUT2D eigenvalue weighted by Crippen LogP contribution is 2.24. The fourth-order valence-corrected chi connectivity index (χ4v) is 1.97. The van der Waals surface area contributed by atoms with Crippen LogP contribution in [0.2, 0.25) is 10.0 Å². The number of hydrogen-bond donors (Lipinski definition) is 1. The lowest BCUT2D eigenvalue weighted by Gasteiger charge is -2.10. The Morgan fingerprint density at radius 1 is 1.41 bits per heavy atom. The number of aromatic nitrogens is 3. The average Bonchev–Trinajstić information content (AvgIpc) is 2.70. The predicted octanol–water partition coefficient (Wildman–Crippen LogP) is 2.36. The molecule has 0 bridgehead atoms. The molecule has 4 nitrogen and oxygen atoms in total. The highest BCUT2D eigenvalue weighted by molar-refractivity contribution is 6.33. The van der Waals surface area contributed by atoms with Crippen LogP contribution < -0.4 is 5.73 Å². The maximum Gasteiger partial charge on any atom is 0.0997 e. The maximum absolute atomic E-state index is 6.08. The maximum atomic E-state index is 6.08. The predicted molar refractivity (Wildman–Crippen MR) is 68.1 cm³/mol. The molecular formula is C11H12Cl2N4. The smallest absolute Gasteiger partial charge is 0.0997 e. The molecule has 1 aromatic carbocycles. The molecular weight excluding hydrogens is 259 g/mol. The van der Waals surface area contributed by atoms with Gasteiger partial charge in [0, 0.05) is 23.3 Å².